The maximum absolute atomic E-state index is 5.38. The Hall–Kier alpha value is -1.46. The number of ether oxygens (including phenoxy) is 2. The number of hydrogen-bond donors (Lipinski definition) is 0. The van der Waals surface area contributed by atoms with Gasteiger partial charge in [0.15, 0.2) is 0 Å². The van der Waals surface area contributed by atoms with Gasteiger partial charge in [-0.2, -0.15) is 0 Å². The average Bonchev–Trinajstić information content (AvgIpc) is 2.39. The van der Waals surface area contributed by atoms with E-state index in [9.17, 15) is 0 Å². The Morgan fingerprint density at radius 1 is 1.18 bits per heavy atom. The molecule has 1 aromatic rings. The van der Waals surface area contributed by atoms with Gasteiger partial charge in [0.25, 0.3) is 0 Å². The minimum absolute atomic E-state index is 0.141. The van der Waals surface area contributed by atoms with Gasteiger partial charge < -0.3 is 9.47 Å². The minimum atomic E-state index is -0.141. The molecule has 0 heterocycles. The Labute approximate surface area is 104 Å². The number of benzene rings is 1. The summed E-state index contributed by atoms with van der Waals surface area (Å²) in [5.41, 5.74) is 1.07. The highest BCUT2D eigenvalue weighted by Crippen LogP contribution is 2.19. The van der Waals surface area contributed by atoms with Crippen molar-refractivity contribution in [2.45, 2.75) is 32.3 Å². The standard InChI is InChI=1S/C15H20O2/c1-4-5-6-7-8-15(17-3)13-9-11-14(16-2)12-10-13/h9-12,15H,4-6H2,1-3H3. The van der Waals surface area contributed by atoms with Crippen molar-refractivity contribution in [3.05, 3.63) is 29.8 Å². The van der Waals surface area contributed by atoms with Gasteiger partial charge in [-0.25, -0.2) is 0 Å². The second kappa shape index (κ2) is 7.76. The van der Waals surface area contributed by atoms with Crippen LogP contribution in [0.4, 0.5) is 0 Å². The molecule has 0 aliphatic heterocycles. The van der Waals surface area contributed by atoms with Gasteiger partial charge in [-0.3, -0.25) is 0 Å². The maximum Gasteiger partial charge on any atom is 0.143 e. The summed E-state index contributed by atoms with van der Waals surface area (Å²) in [6, 6.07) is 7.83. The van der Waals surface area contributed by atoms with Gasteiger partial charge >= 0.3 is 0 Å². The van der Waals surface area contributed by atoms with Gasteiger partial charge in [0, 0.05) is 13.5 Å². The van der Waals surface area contributed by atoms with Gasteiger partial charge in [-0.1, -0.05) is 31.4 Å². The van der Waals surface area contributed by atoms with Crippen molar-refractivity contribution in [3.63, 3.8) is 0 Å². The first-order chi connectivity index (χ1) is 8.31. The smallest absolute Gasteiger partial charge is 0.143 e. The van der Waals surface area contributed by atoms with Crippen LogP contribution >= 0.6 is 0 Å². The first-order valence-electron chi connectivity index (χ1n) is 5.97. The molecule has 0 radical (unpaired) electrons. The summed E-state index contributed by atoms with van der Waals surface area (Å²) in [5, 5.41) is 0. The number of methoxy groups -OCH3 is 2. The van der Waals surface area contributed by atoms with Gasteiger partial charge in [0.2, 0.25) is 0 Å². The Morgan fingerprint density at radius 3 is 2.41 bits per heavy atom. The van der Waals surface area contributed by atoms with Crippen molar-refractivity contribution in [1.29, 1.82) is 0 Å². The van der Waals surface area contributed by atoms with Crippen LogP contribution in [-0.2, 0) is 4.74 Å². The molecule has 0 saturated heterocycles. The summed E-state index contributed by atoms with van der Waals surface area (Å²) in [7, 11) is 3.34. The third-order valence-corrected chi connectivity index (χ3v) is 2.54. The third kappa shape index (κ3) is 4.50. The molecule has 0 bridgehead atoms. The van der Waals surface area contributed by atoms with Crippen molar-refractivity contribution in [2.75, 3.05) is 14.2 Å². The number of rotatable bonds is 5. The van der Waals surface area contributed by atoms with E-state index in [1.807, 2.05) is 24.3 Å². The van der Waals surface area contributed by atoms with Crippen molar-refractivity contribution in [1.82, 2.24) is 0 Å². The molecule has 0 aliphatic rings. The topological polar surface area (TPSA) is 18.5 Å². The van der Waals surface area contributed by atoms with E-state index in [-0.39, 0.29) is 6.10 Å². The zero-order valence-corrected chi connectivity index (χ0v) is 10.8. The van der Waals surface area contributed by atoms with Crippen LogP contribution in [0.3, 0.4) is 0 Å². The summed E-state index contributed by atoms with van der Waals surface area (Å²) >= 11 is 0. The summed E-state index contributed by atoms with van der Waals surface area (Å²) in [5.74, 6) is 7.15. The zero-order chi connectivity index (χ0) is 12.5. The van der Waals surface area contributed by atoms with Crippen LogP contribution in [-0.4, -0.2) is 14.2 Å². The Kier molecular flexibility index (Phi) is 6.21. The van der Waals surface area contributed by atoms with Gasteiger partial charge in [-0.05, 0) is 24.1 Å². The fraction of sp³-hybridized carbons (Fsp3) is 0.467. The van der Waals surface area contributed by atoms with E-state index in [2.05, 4.69) is 18.8 Å². The van der Waals surface area contributed by atoms with Crippen molar-refractivity contribution in [3.8, 4) is 17.6 Å². The highest BCUT2D eigenvalue weighted by atomic mass is 16.5. The predicted octanol–water partition coefficient (Wildman–Crippen LogP) is 3.58. The second-order valence-electron chi connectivity index (χ2n) is 3.81. The minimum Gasteiger partial charge on any atom is -0.497 e. The van der Waals surface area contributed by atoms with E-state index in [4.69, 9.17) is 9.47 Å². The van der Waals surface area contributed by atoms with Crippen molar-refractivity contribution < 1.29 is 9.47 Å². The Bertz CT molecular complexity index is 370. The van der Waals surface area contributed by atoms with E-state index >= 15 is 0 Å². The molecule has 2 heteroatoms. The molecular formula is C15H20O2. The van der Waals surface area contributed by atoms with Crippen LogP contribution in [0.15, 0.2) is 24.3 Å². The first-order valence-corrected chi connectivity index (χ1v) is 5.97. The quantitative estimate of drug-likeness (QED) is 0.570. The third-order valence-electron chi connectivity index (χ3n) is 2.54. The molecule has 0 N–H and O–H groups in total. The summed E-state index contributed by atoms with van der Waals surface area (Å²) in [4.78, 5) is 0. The van der Waals surface area contributed by atoms with Gasteiger partial charge in [0.05, 0.1) is 7.11 Å². The van der Waals surface area contributed by atoms with Crippen LogP contribution in [0, 0.1) is 11.8 Å². The van der Waals surface area contributed by atoms with E-state index in [1.165, 1.54) is 6.42 Å². The van der Waals surface area contributed by atoms with Crippen LogP contribution in [0.1, 0.15) is 37.9 Å². The van der Waals surface area contributed by atoms with Gasteiger partial charge in [-0.15, -0.1) is 5.92 Å². The van der Waals surface area contributed by atoms with E-state index in [0.717, 1.165) is 24.2 Å². The Balaban J connectivity index is 2.67. The monoisotopic (exact) mass is 232 g/mol. The largest absolute Gasteiger partial charge is 0.497 e. The summed E-state index contributed by atoms with van der Waals surface area (Å²) < 4.78 is 10.5. The lowest BCUT2D eigenvalue weighted by atomic mass is 10.1. The fourth-order valence-electron chi connectivity index (χ4n) is 1.49. The fourth-order valence-corrected chi connectivity index (χ4v) is 1.49. The predicted molar refractivity (Wildman–Crippen MR) is 70.0 cm³/mol. The molecule has 0 spiro atoms. The first kappa shape index (κ1) is 13.6. The number of hydrogen-bond acceptors (Lipinski definition) is 2. The lowest BCUT2D eigenvalue weighted by molar-refractivity contribution is 0.150. The van der Waals surface area contributed by atoms with Gasteiger partial charge in [0.1, 0.15) is 11.9 Å². The average molecular weight is 232 g/mol. The van der Waals surface area contributed by atoms with Crippen LogP contribution < -0.4 is 4.74 Å². The number of unbranched alkanes of at least 4 members (excludes halogenated alkanes) is 2. The van der Waals surface area contributed by atoms with Crippen molar-refractivity contribution in [2.24, 2.45) is 0 Å². The van der Waals surface area contributed by atoms with E-state index in [0.29, 0.717) is 0 Å². The second-order valence-corrected chi connectivity index (χ2v) is 3.81. The molecule has 2 nitrogen and oxygen atoms in total. The van der Waals surface area contributed by atoms with Crippen LogP contribution in [0.2, 0.25) is 0 Å². The SMILES string of the molecule is CCCCC#CC(OC)c1ccc(OC)cc1. The zero-order valence-electron chi connectivity index (χ0n) is 10.8. The molecule has 1 rings (SSSR count). The van der Waals surface area contributed by atoms with Crippen LogP contribution in [0.5, 0.6) is 5.75 Å². The normalized spacial score (nSPS) is 11.5. The molecular weight excluding hydrogens is 212 g/mol. The molecule has 92 valence electrons. The molecule has 0 fully saturated rings. The lowest BCUT2D eigenvalue weighted by Crippen LogP contribution is -1.98. The highest BCUT2D eigenvalue weighted by Gasteiger charge is 2.06. The molecule has 1 unspecified atom stereocenters. The highest BCUT2D eigenvalue weighted by molar-refractivity contribution is 5.31. The molecule has 0 aliphatic carbocycles. The molecule has 0 saturated carbocycles. The summed E-state index contributed by atoms with van der Waals surface area (Å²) in [6.07, 6.45) is 3.12. The van der Waals surface area contributed by atoms with Crippen LogP contribution in [0.25, 0.3) is 0 Å². The Morgan fingerprint density at radius 2 is 1.88 bits per heavy atom. The maximum atomic E-state index is 5.38. The molecule has 1 atom stereocenters. The van der Waals surface area contributed by atoms with E-state index in [1.54, 1.807) is 14.2 Å². The molecule has 0 amide bonds. The summed E-state index contributed by atoms with van der Waals surface area (Å²) in [6.45, 7) is 2.17. The lowest BCUT2D eigenvalue weighted by Gasteiger charge is -2.09. The molecule has 0 aromatic heterocycles. The van der Waals surface area contributed by atoms with E-state index < -0.39 is 0 Å². The molecule has 1 aromatic carbocycles. The molecule has 17 heavy (non-hydrogen) atoms. The van der Waals surface area contributed by atoms with Crippen molar-refractivity contribution >= 4 is 0 Å².